The molecule has 0 bridgehead atoms. The van der Waals surface area contributed by atoms with Crippen LogP contribution < -0.4 is 10.1 Å². The Hall–Kier alpha value is -3.93. The van der Waals surface area contributed by atoms with Gasteiger partial charge in [0.2, 0.25) is 0 Å². The van der Waals surface area contributed by atoms with E-state index in [1.54, 1.807) is 12.1 Å². The Bertz CT molecular complexity index is 1300. The number of imidazole rings is 1. The second-order valence-corrected chi connectivity index (χ2v) is 8.67. The Labute approximate surface area is 212 Å². The van der Waals surface area contributed by atoms with E-state index in [1.807, 2.05) is 72.2 Å². The van der Waals surface area contributed by atoms with Gasteiger partial charge in [0, 0.05) is 17.7 Å². The molecule has 0 radical (unpaired) electrons. The molecule has 186 valence electrons. The fraction of sp³-hybridized carbons (Fsp3) is 0.267. The first-order valence-electron chi connectivity index (χ1n) is 12.4. The molecule has 1 atom stereocenters. The number of methoxy groups -OCH3 is 1. The number of amides is 1. The van der Waals surface area contributed by atoms with Crippen LogP contribution in [0.3, 0.4) is 0 Å². The predicted octanol–water partition coefficient (Wildman–Crippen LogP) is 7.05. The number of hydrogen-bond acceptors (Lipinski definition) is 3. The molecule has 1 N–H and O–H groups in total. The Morgan fingerprint density at radius 2 is 1.69 bits per heavy atom. The fourth-order valence-corrected chi connectivity index (χ4v) is 4.46. The van der Waals surface area contributed by atoms with Gasteiger partial charge in [-0.1, -0.05) is 80.4 Å². The Morgan fingerprint density at radius 1 is 1.00 bits per heavy atom. The minimum absolute atomic E-state index is 0.139. The predicted molar refractivity (Wildman–Crippen MR) is 141 cm³/mol. The number of aromatic nitrogens is 2. The van der Waals surface area contributed by atoms with Crippen molar-refractivity contribution < 1.29 is 13.9 Å². The van der Waals surface area contributed by atoms with Gasteiger partial charge in [-0.25, -0.2) is 9.37 Å². The average molecular weight is 486 g/mol. The van der Waals surface area contributed by atoms with Gasteiger partial charge in [0.25, 0.3) is 5.91 Å². The van der Waals surface area contributed by atoms with Gasteiger partial charge < -0.3 is 14.6 Å². The molecule has 5 nitrogen and oxygen atoms in total. The van der Waals surface area contributed by atoms with Gasteiger partial charge in [0.05, 0.1) is 13.2 Å². The summed E-state index contributed by atoms with van der Waals surface area (Å²) < 4.78 is 21.7. The van der Waals surface area contributed by atoms with Crippen LogP contribution in [-0.2, 0) is 6.54 Å². The van der Waals surface area contributed by atoms with Crippen molar-refractivity contribution in [2.45, 2.75) is 45.7 Å². The summed E-state index contributed by atoms with van der Waals surface area (Å²) in [5.74, 6) is 0.0763. The molecule has 0 aliphatic heterocycles. The lowest BCUT2D eigenvalue weighted by molar-refractivity contribution is 0.0925. The van der Waals surface area contributed by atoms with Crippen molar-refractivity contribution in [2.75, 3.05) is 7.11 Å². The van der Waals surface area contributed by atoms with Crippen LogP contribution in [0.5, 0.6) is 5.75 Å². The number of nitrogens with one attached hydrogen (secondary N) is 1. The van der Waals surface area contributed by atoms with Crippen molar-refractivity contribution in [2.24, 2.45) is 0 Å². The zero-order valence-electron chi connectivity index (χ0n) is 21.0. The highest BCUT2D eigenvalue weighted by Crippen LogP contribution is 2.32. The summed E-state index contributed by atoms with van der Waals surface area (Å²) in [6.07, 6.45) is 2.84. The van der Waals surface area contributed by atoms with Gasteiger partial charge in [-0.3, -0.25) is 4.79 Å². The summed E-state index contributed by atoms with van der Waals surface area (Å²) in [5, 5.41) is 3.25. The largest absolute Gasteiger partial charge is 0.494 e. The monoisotopic (exact) mass is 485 g/mol. The quantitative estimate of drug-likeness (QED) is 0.262. The van der Waals surface area contributed by atoms with Crippen LogP contribution >= 0.6 is 0 Å². The Morgan fingerprint density at radius 3 is 2.31 bits per heavy atom. The second kappa shape index (κ2) is 11.7. The van der Waals surface area contributed by atoms with Crippen molar-refractivity contribution in [3.05, 3.63) is 95.9 Å². The van der Waals surface area contributed by atoms with E-state index in [-0.39, 0.29) is 17.7 Å². The standard InChI is InChI=1S/C30H32FN3O2/c1-4-6-17-25(21-13-9-7-10-14-21)32-30(35)28-27(23-18-19-26(36-3)24(31)20-23)33-29(34(28)5-2)22-15-11-8-12-16-22/h7-16,18-20,25H,4-6,17H2,1-3H3,(H,32,35). The number of ether oxygens (including phenoxy) is 1. The maximum atomic E-state index is 14.7. The zero-order chi connectivity index (χ0) is 25.5. The minimum atomic E-state index is -0.501. The molecular weight excluding hydrogens is 453 g/mol. The van der Waals surface area contributed by atoms with Gasteiger partial charge in [-0.15, -0.1) is 0 Å². The highest BCUT2D eigenvalue weighted by atomic mass is 19.1. The third kappa shape index (κ3) is 5.33. The number of carbonyl (C=O) groups is 1. The molecular formula is C30H32FN3O2. The molecule has 1 heterocycles. The van der Waals surface area contributed by atoms with E-state index < -0.39 is 5.82 Å². The van der Waals surface area contributed by atoms with E-state index >= 15 is 0 Å². The average Bonchev–Trinajstić information content (AvgIpc) is 3.32. The number of halogens is 1. The lowest BCUT2D eigenvalue weighted by Crippen LogP contribution is -2.31. The van der Waals surface area contributed by atoms with E-state index in [0.29, 0.717) is 29.3 Å². The molecule has 0 fully saturated rings. The van der Waals surface area contributed by atoms with Crippen LogP contribution in [0.2, 0.25) is 0 Å². The fourth-order valence-electron chi connectivity index (χ4n) is 4.46. The first-order valence-corrected chi connectivity index (χ1v) is 12.4. The molecule has 0 aliphatic rings. The molecule has 0 aliphatic carbocycles. The van der Waals surface area contributed by atoms with Gasteiger partial charge in [-0.05, 0) is 37.1 Å². The van der Waals surface area contributed by atoms with Gasteiger partial charge in [-0.2, -0.15) is 0 Å². The summed E-state index contributed by atoms with van der Waals surface area (Å²) in [5.41, 5.74) is 3.32. The van der Waals surface area contributed by atoms with Crippen molar-refractivity contribution in [1.82, 2.24) is 14.9 Å². The van der Waals surface area contributed by atoms with Gasteiger partial charge in [0.1, 0.15) is 17.2 Å². The summed E-state index contributed by atoms with van der Waals surface area (Å²) in [6, 6.07) is 24.3. The van der Waals surface area contributed by atoms with Crippen LogP contribution in [-0.4, -0.2) is 22.6 Å². The first kappa shape index (κ1) is 25.2. The molecule has 1 unspecified atom stereocenters. The molecule has 0 spiro atoms. The van der Waals surface area contributed by atoms with Crippen molar-refractivity contribution in [3.63, 3.8) is 0 Å². The van der Waals surface area contributed by atoms with E-state index in [4.69, 9.17) is 9.72 Å². The maximum Gasteiger partial charge on any atom is 0.270 e. The number of benzene rings is 3. The van der Waals surface area contributed by atoms with Crippen molar-refractivity contribution in [1.29, 1.82) is 0 Å². The third-order valence-electron chi connectivity index (χ3n) is 6.31. The van der Waals surface area contributed by atoms with Gasteiger partial charge in [0.15, 0.2) is 11.6 Å². The lowest BCUT2D eigenvalue weighted by atomic mass is 10.0. The Balaban J connectivity index is 1.83. The molecule has 36 heavy (non-hydrogen) atoms. The summed E-state index contributed by atoms with van der Waals surface area (Å²) >= 11 is 0. The molecule has 0 saturated heterocycles. The number of unbranched alkanes of at least 4 members (excludes halogenated alkanes) is 1. The Kier molecular flexibility index (Phi) is 8.16. The second-order valence-electron chi connectivity index (χ2n) is 8.67. The molecule has 1 amide bonds. The van der Waals surface area contributed by atoms with E-state index in [9.17, 15) is 9.18 Å². The van der Waals surface area contributed by atoms with Crippen LogP contribution in [0.4, 0.5) is 4.39 Å². The highest BCUT2D eigenvalue weighted by molar-refractivity contribution is 6.00. The summed E-state index contributed by atoms with van der Waals surface area (Å²) in [7, 11) is 1.43. The summed E-state index contributed by atoms with van der Waals surface area (Å²) in [6.45, 7) is 4.65. The maximum absolute atomic E-state index is 14.7. The number of carbonyl (C=O) groups excluding carboxylic acids is 1. The van der Waals surface area contributed by atoms with E-state index in [2.05, 4.69) is 12.2 Å². The molecule has 6 heteroatoms. The van der Waals surface area contributed by atoms with E-state index in [0.717, 1.165) is 30.4 Å². The number of nitrogens with zero attached hydrogens (tertiary/aromatic N) is 2. The highest BCUT2D eigenvalue weighted by Gasteiger charge is 2.27. The molecule has 4 rings (SSSR count). The van der Waals surface area contributed by atoms with Crippen LogP contribution in [0.25, 0.3) is 22.6 Å². The topological polar surface area (TPSA) is 56.1 Å². The molecule has 0 saturated carbocycles. The minimum Gasteiger partial charge on any atom is -0.494 e. The van der Waals surface area contributed by atoms with E-state index in [1.165, 1.54) is 13.2 Å². The SMILES string of the molecule is CCCCC(NC(=O)c1c(-c2ccc(OC)c(F)c2)nc(-c2ccccc2)n1CC)c1ccccc1. The van der Waals surface area contributed by atoms with Crippen LogP contribution in [0.1, 0.15) is 55.2 Å². The van der Waals surface area contributed by atoms with Crippen LogP contribution in [0.15, 0.2) is 78.9 Å². The molecule has 1 aromatic heterocycles. The number of hydrogen-bond donors (Lipinski definition) is 1. The number of rotatable bonds is 10. The first-order chi connectivity index (χ1) is 17.6. The van der Waals surface area contributed by atoms with Crippen LogP contribution in [0, 0.1) is 5.82 Å². The molecule has 3 aromatic carbocycles. The normalized spacial score (nSPS) is 11.8. The summed E-state index contributed by atoms with van der Waals surface area (Å²) in [4.78, 5) is 18.8. The van der Waals surface area contributed by atoms with Gasteiger partial charge >= 0.3 is 0 Å². The van der Waals surface area contributed by atoms with Crippen molar-refractivity contribution in [3.8, 4) is 28.4 Å². The third-order valence-corrected chi connectivity index (χ3v) is 6.31. The lowest BCUT2D eigenvalue weighted by Gasteiger charge is -2.20. The van der Waals surface area contributed by atoms with Crippen molar-refractivity contribution >= 4 is 5.91 Å². The smallest absolute Gasteiger partial charge is 0.270 e. The zero-order valence-corrected chi connectivity index (χ0v) is 21.0. The molecule has 4 aromatic rings.